The molecule has 0 bridgehead atoms. The van der Waals surface area contributed by atoms with Crippen molar-refractivity contribution in [3.05, 3.63) is 205 Å². The van der Waals surface area contributed by atoms with Crippen LogP contribution in [0.3, 0.4) is 0 Å². The smallest absolute Gasteiger partial charge is 0.00201 e. The predicted molar refractivity (Wildman–Crippen MR) is 238 cm³/mol. The van der Waals surface area contributed by atoms with Crippen molar-refractivity contribution in [1.29, 1.82) is 0 Å². The Morgan fingerprint density at radius 2 is 0.818 bits per heavy atom. The second kappa shape index (κ2) is 14.7. The molecule has 0 aliphatic carbocycles. The minimum absolute atomic E-state index is 0.508. The van der Waals surface area contributed by atoms with Gasteiger partial charge in [-0.3, -0.25) is 0 Å². The summed E-state index contributed by atoms with van der Waals surface area (Å²) in [6.45, 7) is 6.84. The monoisotopic (exact) mass is 704 g/mol. The predicted octanol–water partition coefficient (Wildman–Crippen LogP) is 15.8. The number of aryl methyl sites for hydroxylation is 1. The molecule has 0 heterocycles. The van der Waals surface area contributed by atoms with Crippen molar-refractivity contribution in [1.82, 2.24) is 0 Å². The first-order chi connectivity index (χ1) is 27.1. The lowest BCUT2D eigenvalue weighted by Gasteiger charge is -2.20. The molecular formula is C55H44. The molecule has 0 spiro atoms. The Bertz CT molecular complexity index is 2750. The van der Waals surface area contributed by atoms with E-state index in [1.54, 1.807) is 0 Å². The highest BCUT2D eigenvalue weighted by Gasteiger charge is 2.19. The summed E-state index contributed by atoms with van der Waals surface area (Å²) in [6, 6.07) is 71.6. The van der Waals surface area contributed by atoms with Gasteiger partial charge in [0.1, 0.15) is 0 Å². The van der Waals surface area contributed by atoms with Crippen LogP contribution in [-0.4, -0.2) is 0 Å². The van der Waals surface area contributed by atoms with Gasteiger partial charge in [-0.15, -0.1) is 0 Å². The Kier molecular flexibility index (Phi) is 9.18. The maximum absolute atomic E-state index is 2.39. The first kappa shape index (κ1) is 34.3. The topological polar surface area (TPSA) is 0 Å². The highest BCUT2D eigenvalue weighted by atomic mass is 14.2. The Labute approximate surface area is 325 Å². The summed E-state index contributed by atoms with van der Waals surface area (Å²) in [4.78, 5) is 0. The van der Waals surface area contributed by atoms with Gasteiger partial charge in [0, 0.05) is 0 Å². The minimum Gasteiger partial charge on any atom is -0.0648 e. The lowest BCUT2D eigenvalue weighted by Crippen LogP contribution is -1.96. The lowest BCUT2D eigenvalue weighted by atomic mass is 9.83. The Balaban J connectivity index is 1.17. The van der Waals surface area contributed by atoms with E-state index >= 15 is 0 Å². The van der Waals surface area contributed by atoms with Crippen LogP contribution in [0.4, 0.5) is 0 Å². The van der Waals surface area contributed by atoms with Crippen molar-refractivity contribution < 1.29 is 0 Å². The van der Waals surface area contributed by atoms with Gasteiger partial charge in [-0.25, -0.2) is 0 Å². The van der Waals surface area contributed by atoms with Crippen molar-refractivity contribution in [2.24, 2.45) is 0 Å². The summed E-state index contributed by atoms with van der Waals surface area (Å²) in [5, 5.41) is 5.04. The summed E-state index contributed by atoms with van der Waals surface area (Å²) >= 11 is 0. The number of rotatable bonds is 8. The molecule has 0 heteroatoms. The van der Waals surface area contributed by atoms with Gasteiger partial charge in [0.25, 0.3) is 0 Å². The quantitative estimate of drug-likeness (QED) is 0.138. The molecular weight excluding hydrogens is 661 g/mol. The zero-order chi connectivity index (χ0) is 37.3. The summed E-state index contributed by atoms with van der Waals surface area (Å²) < 4.78 is 0. The molecule has 0 nitrogen and oxygen atoms in total. The Hall–Kier alpha value is -6.50. The van der Waals surface area contributed by atoms with Crippen molar-refractivity contribution >= 4 is 21.5 Å². The fourth-order valence-corrected chi connectivity index (χ4v) is 8.49. The van der Waals surface area contributed by atoms with E-state index in [1.807, 2.05) is 0 Å². The largest absolute Gasteiger partial charge is 0.0648 e. The molecule has 9 aromatic carbocycles. The van der Waals surface area contributed by atoms with E-state index in [9.17, 15) is 0 Å². The third-order valence-corrected chi connectivity index (χ3v) is 11.5. The SMILES string of the molecule is CCC(C)c1ccccc1-c1cc(-c2ccc(-c3c4ccccc4c(-c4ccccc4-c4cccc(-c5ccccc5)c4)c4ccccc34)cc2)ccc1C. The fraction of sp³-hybridized carbons (Fsp3) is 0.0909. The maximum atomic E-state index is 2.39. The van der Waals surface area contributed by atoms with Crippen LogP contribution in [0.5, 0.6) is 0 Å². The van der Waals surface area contributed by atoms with Gasteiger partial charge >= 0.3 is 0 Å². The third-order valence-electron chi connectivity index (χ3n) is 11.5. The van der Waals surface area contributed by atoms with Crippen LogP contribution in [0.15, 0.2) is 194 Å². The zero-order valence-electron chi connectivity index (χ0n) is 31.8. The minimum atomic E-state index is 0.508. The van der Waals surface area contributed by atoms with Crippen molar-refractivity contribution in [3.63, 3.8) is 0 Å². The fourth-order valence-electron chi connectivity index (χ4n) is 8.49. The van der Waals surface area contributed by atoms with Crippen LogP contribution in [0, 0.1) is 6.92 Å². The summed E-state index contributed by atoms with van der Waals surface area (Å²) in [6.07, 6.45) is 1.12. The van der Waals surface area contributed by atoms with Gasteiger partial charge in [0.15, 0.2) is 0 Å². The molecule has 9 aromatic rings. The van der Waals surface area contributed by atoms with Gasteiger partial charge in [-0.2, -0.15) is 0 Å². The first-order valence-electron chi connectivity index (χ1n) is 19.6. The van der Waals surface area contributed by atoms with E-state index in [4.69, 9.17) is 0 Å². The molecule has 0 saturated heterocycles. The maximum Gasteiger partial charge on any atom is -0.00201 e. The molecule has 0 fully saturated rings. The number of fused-ring (bicyclic) bond motifs is 2. The van der Waals surface area contributed by atoms with E-state index in [1.165, 1.54) is 99.4 Å². The molecule has 1 unspecified atom stereocenters. The molecule has 0 aliphatic heterocycles. The normalized spacial score (nSPS) is 11.9. The van der Waals surface area contributed by atoms with Crippen LogP contribution in [0.2, 0.25) is 0 Å². The van der Waals surface area contributed by atoms with Gasteiger partial charge < -0.3 is 0 Å². The standard InChI is InChI=1S/C55H44/c1-4-37(2)45-21-8-10-23-47(45)53-36-43(30-29-38(53)3)40-31-33-41(34-32-40)54-49-25-12-14-27-51(49)55(52-28-15-13-26-50(52)54)48-24-11-9-22-46(48)44-20-16-19-42(35-44)39-17-6-5-7-18-39/h5-37H,4H2,1-3H3. The molecule has 264 valence electrons. The van der Waals surface area contributed by atoms with Crippen LogP contribution in [0.1, 0.15) is 37.3 Å². The molecule has 55 heavy (non-hydrogen) atoms. The molecule has 0 N–H and O–H groups in total. The average molecular weight is 705 g/mol. The van der Waals surface area contributed by atoms with E-state index < -0.39 is 0 Å². The summed E-state index contributed by atoms with van der Waals surface area (Å²) in [7, 11) is 0. The van der Waals surface area contributed by atoms with Crippen LogP contribution >= 0.6 is 0 Å². The number of hydrogen-bond donors (Lipinski definition) is 0. The van der Waals surface area contributed by atoms with E-state index in [0.717, 1.165) is 6.42 Å². The second-order valence-electron chi connectivity index (χ2n) is 14.8. The lowest BCUT2D eigenvalue weighted by molar-refractivity contribution is 0.735. The van der Waals surface area contributed by atoms with Crippen molar-refractivity contribution in [2.75, 3.05) is 0 Å². The molecule has 9 rings (SSSR count). The number of hydrogen-bond acceptors (Lipinski definition) is 0. The van der Waals surface area contributed by atoms with Crippen molar-refractivity contribution in [2.45, 2.75) is 33.1 Å². The zero-order valence-corrected chi connectivity index (χ0v) is 31.8. The highest BCUT2D eigenvalue weighted by molar-refractivity contribution is 6.22. The molecule has 0 aliphatic rings. The van der Waals surface area contributed by atoms with Crippen LogP contribution < -0.4 is 0 Å². The summed E-state index contributed by atoms with van der Waals surface area (Å²) in [5.74, 6) is 0.508. The Morgan fingerprint density at radius 1 is 0.345 bits per heavy atom. The molecule has 0 amide bonds. The molecule has 0 saturated carbocycles. The average Bonchev–Trinajstić information content (AvgIpc) is 3.26. The Morgan fingerprint density at radius 3 is 1.49 bits per heavy atom. The molecule has 0 radical (unpaired) electrons. The van der Waals surface area contributed by atoms with Crippen molar-refractivity contribution in [3.8, 4) is 66.8 Å². The van der Waals surface area contributed by atoms with E-state index in [2.05, 4.69) is 215 Å². The van der Waals surface area contributed by atoms with Crippen LogP contribution in [-0.2, 0) is 0 Å². The number of benzene rings is 9. The molecule has 1 atom stereocenters. The first-order valence-corrected chi connectivity index (χ1v) is 19.6. The second-order valence-corrected chi connectivity index (χ2v) is 14.8. The third kappa shape index (κ3) is 6.34. The van der Waals surface area contributed by atoms with Gasteiger partial charge in [0.05, 0.1) is 0 Å². The highest BCUT2D eigenvalue weighted by Crippen LogP contribution is 2.46. The van der Waals surface area contributed by atoms with Gasteiger partial charge in [-0.1, -0.05) is 196 Å². The van der Waals surface area contributed by atoms with Crippen LogP contribution in [0.25, 0.3) is 88.3 Å². The van der Waals surface area contributed by atoms with E-state index in [0.29, 0.717) is 5.92 Å². The van der Waals surface area contributed by atoms with Gasteiger partial charge in [0.2, 0.25) is 0 Å². The van der Waals surface area contributed by atoms with Gasteiger partial charge in [-0.05, 0) is 131 Å². The van der Waals surface area contributed by atoms with E-state index in [-0.39, 0.29) is 0 Å². The molecule has 0 aromatic heterocycles. The summed E-state index contributed by atoms with van der Waals surface area (Å²) in [5.41, 5.74) is 17.8.